The monoisotopic (exact) mass is 291 g/mol. The quantitative estimate of drug-likeness (QED) is 0.704. The summed E-state index contributed by atoms with van der Waals surface area (Å²) in [5.41, 5.74) is 2.63. The second-order valence-electron chi connectivity index (χ2n) is 4.71. The molecule has 1 rings (SSSR count). The first-order valence-electron chi connectivity index (χ1n) is 6.83. The highest BCUT2D eigenvalue weighted by molar-refractivity contribution is 5.97. The lowest BCUT2D eigenvalue weighted by atomic mass is 10.1. The lowest BCUT2D eigenvalue weighted by molar-refractivity contribution is -0.125. The SMILES string of the molecule is CCNC(=O)CNC(=O)CNC(=O)c1ccc(C)c(C)c1. The number of carbonyl (C=O) groups excluding carboxylic acids is 3. The third-order valence-electron chi connectivity index (χ3n) is 3.00. The summed E-state index contributed by atoms with van der Waals surface area (Å²) in [4.78, 5) is 34.5. The fourth-order valence-corrected chi connectivity index (χ4v) is 1.65. The largest absolute Gasteiger partial charge is 0.355 e. The molecule has 6 heteroatoms. The van der Waals surface area contributed by atoms with Crippen molar-refractivity contribution in [2.24, 2.45) is 0 Å². The number of nitrogens with one attached hydrogen (secondary N) is 3. The van der Waals surface area contributed by atoms with Crippen LogP contribution in [0.25, 0.3) is 0 Å². The number of aryl methyl sites for hydroxylation is 2. The molecule has 0 radical (unpaired) electrons. The van der Waals surface area contributed by atoms with Crippen molar-refractivity contribution in [2.45, 2.75) is 20.8 Å². The summed E-state index contributed by atoms with van der Waals surface area (Å²) >= 11 is 0. The smallest absolute Gasteiger partial charge is 0.251 e. The summed E-state index contributed by atoms with van der Waals surface area (Å²) in [6.45, 7) is 5.94. The third kappa shape index (κ3) is 5.64. The molecule has 1 aromatic carbocycles. The molecule has 1 aromatic rings. The van der Waals surface area contributed by atoms with E-state index in [1.807, 2.05) is 19.9 Å². The summed E-state index contributed by atoms with van der Waals surface area (Å²) < 4.78 is 0. The minimum absolute atomic E-state index is 0.0911. The highest BCUT2D eigenvalue weighted by Crippen LogP contribution is 2.09. The topological polar surface area (TPSA) is 87.3 Å². The first kappa shape index (κ1) is 16.7. The Kier molecular flexibility index (Phi) is 6.39. The van der Waals surface area contributed by atoms with Crippen molar-refractivity contribution in [3.05, 3.63) is 34.9 Å². The van der Waals surface area contributed by atoms with Crippen molar-refractivity contribution in [2.75, 3.05) is 19.6 Å². The highest BCUT2D eigenvalue weighted by atomic mass is 16.2. The Balaban J connectivity index is 2.40. The molecule has 0 unspecified atom stereocenters. The summed E-state index contributed by atoms with van der Waals surface area (Å²) in [5.74, 6) is -0.976. The van der Waals surface area contributed by atoms with E-state index in [-0.39, 0.29) is 24.9 Å². The van der Waals surface area contributed by atoms with E-state index in [0.29, 0.717) is 12.1 Å². The summed E-state index contributed by atoms with van der Waals surface area (Å²) in [6, 6.07) is 5.35. The van der Waals surface area contributed by atoms with Crippen molar-refractivity contribution in [1.82, 2.24) is 16.0 Å². The van der Waals surface area contributed by atoms with Gasteiger partial charge in [0.1, 0.15) is 0 Å². The van der Waals surface area contributed by atoms with Crippen LogP contribution in [0.15, 0.2) is 18.2 Å². The van der Waals surface area contributed by atoms with Crippen LogP contribution >= 0.6 is 0 Å². The highest BCUT2D eigenvalue weighted by Gasteiger charge is 2.09. The molecule has 114 valence electrons. The van der Waals surface area contributed by atoms with Crippen LogP contribution in [-0.4, -0.2) is 37.4 Å². The maximum Gasteiger partial charge on any atom is 0.251 e. The molecule has 0 fully saturated rings. The Bertz CT molecular complexity index is 541. The van der Waals surface area contributed by atoms with Gasteiger partial charge in [-0.15, -0.1) is 0 Å². The fourth-order valence-electron chi connectivity index (χ4n) is 1.65. The lowest BCUT2D eigenvalue weighted by Crippen LogP contribution is -2.41. The zero-order chi connectivity index (χ0) is 15.8. The predicted octanol–water partition coefficient (Wildman–Crippen LogP) is 0.286. The first-order valence-corrected chi connectivity index (χ1v) is 6.83. The molecule has 0 atom stereocenters. The maximum atomic E-state index is 11.9. The molecule has 0 aliphatic rings. The third-order valence-corrected chi connectivity index (χ3v) is 3.00. The number of hydrogen-bond acceptors (Lipinski definition) is 3. The second-order valence-corrected chi connectivity index (χ2v) is 4.71. The Morgan fingerprint density at radius 3 is 2.14 bits per heavy atom. The van der Waals surface area contributed by atoms with E-state index in [4.69, 9.17) is 0 Å². The average molecular weight is 291 g/mol. The number of hydrogen-bond donors (Lipinski definition) is 3. The molecular formula is C15H21N3O3. The standard InChI is InChI=1S/C15H21N3O3/c1-4-16-13(19)8-17-14(20)9-18-15(21)12-6-5-10(2)11(3)7-12/h5-7H,4,8-9H2,1-3H3,(H,16,19)(H,17,20)(H,18,21). The lowest BCUT2D eigenvalue weighted by Gasteiger charge is -2.08. The van der Waals surface area contributed by atoms with Crippen molar-refractivity contribution in [1.29, 1.82) is 0 Å². The van der Waals surface area contributed by atoms with Crippen LogP contribution in [-0.2, 0) is 9.59 Å². The molecule has 3 amide bonds. The predicted molar refractivity (Wildman–Crippen MR) is 79.9 cm³/mol. The Morgan fingerprint density at radius 2 is 1.52 bits per heavy atom. The zero-order valence-corrected chi connectivity index (χ0v) is 12.6. The molecule has 6 nitrogen and oxygen atoms in total. The van der Waals surface area contributed by atoms with Crippen LogP contribution in [0.1, 0.15) is 28.4 Å². The molecule has 0 aliphatic carbocycles. The normalized spacial score (nSPS) is 9.86. The van der Waals surface area contributed by atoms with Crippen LogP contribution in [0, 0.1) is 13.8 Å². The molecular weight excluding hydrogens is 270 g/mol. The van der Waals surface area contributed by atoms with Crippen LogP contribution in [0.3, 0.4) is 0 Å². The van der Waals surface area contributed by atoms with E-state index < -0.39 is 5.91 Å². The van der Waals surface area contributed by atoms with Gasteiger partial charge < -0.3 is 16.0 Å². The van der Waals surface area contributed by atoms with E-state index in [1.165, 1.54) is 0 Å². The van der Waals surface area contributed by atoms with Gasteiger partial charge in [0.15, 0.2) is 0 Å². The van der Waals surface area contributed by atoms with Gasteiger partial charge in [-0.05, 0) is 44.0 Å². The van der Waals surface area contributed by atoms with Crippen LogP contribution in [0.5, 0.6) is 0 Å². The van der Waals surface area contributed by atoms with Crippen molar-refractivity contribution in [3.8, 4) is 0 Å². The van der Waals surface area contributed by atoms with E-state index >= 15 is 0 Å². The minimum Gasteiger partial charge on any atom is -0.355 e. The summed E-state index contributed by atoms with van der Waals surface area (Å²) in [6.07, 6.45) is 0. The number of carbonyl (C=O) groups is 3. The number of benzene rings is 1. The van der Waals surface area contributed by atoms with Gasteiger partial charge in [-0.3, -0.25) is 14.4 Å². The molecule has 0 heterocycles. The molecule has 0 bridgehead atoms. The van der Waals surface area contributed by atoms with Crippen molar-refractivity contribution in [3.63, 3.8) is 0 Å². The van der Waals surface area contributed by atoms with Crippen molar-refractivity contribution < 1.29 is 14.4 Å². The molecule has 0 saturated carbocycles. The van der Waals surface area contributed by atoms with Gasteiger partial charge in [0.2, 0.25) is 11.8 Å². The average Bonchev–Trinajstić information content (AvgIpc) is 2.45. The van der Waals surface area contributed by atoms with Gasteiger partial charge in [-0.1, -0.05) is 6.07 Å². The van der Waals surface area contributed by atoms with Crippen LogP contribution in [0.2, 0.25) is 0 Å². The maximum absolute atomic E-state index is 11.9. The Labute approximate surface area is 124 Å². The van der Waals surface area contributed by atoms with Crippen molar-refractivity contribution >= 4 is 17.7 Å². The summed E-state index contributed by atoms with van der Waals surface area (Å²) in [5, 5.41) is 7.51. The summed E-state index contributed by atoms with van der Waals surface area (Å²) in [7, 11) is 0. The first-order chi connectivity index (χ1) is 9.93. The van der Waals surface area contributed by atoms with Gasteiger partial charge >= 0.3 is 0 Å². The van der Waals surface area contributed by atoms with Crippen LogP contribution in [0.4, 0.5) is 0 Å². The molecule has 21 heavy (non-hydrogen) atoms. The van der Waals surface area contributed by atoms with E-state index in [1.54, 1.807) is 19.1 Å². The molecule has 0 saturated heterocycles. The molecule has 3 N–H and O–H groups in total. The van der Waals surface area contributed by atoms with Gasteiger partial charge in [-0.2, -0.15) is 0 Å². The Hall–Kier alpha value is -2.37. The molecule has 0 spiro atoms. The molecule has 0 aliphatic heterocycles. The number of likely N-dealkylation sites (N-methyl/N-ethyl adjacent to an activating group) is 1. The minimum atomic E-state index is -0.404. The van der Waals surface area contributed by atoms with E-state index in [2.05, 4.69) is 16.0 Å². The second kappa shape index (κ2) is 8.04. The Morgan fingerprint density at radius 1 is 0.905 bits per heavy atom. The van der Waals surface area contributed by atoms with Gasteiger partial charge in [0, 0.05) is 12.1 Å². The van der Waals surface area contributed by atoms with E-state index in [0.717, 1.165) is 11.1 Å². The van der Waals surface area contributed by atoms with Gasteiger partial charge in [0.05, 0.1) is 13.1 Å². The number of rotatable bonds is 6. The van der Waals surface area contributed by atoms with Gasteiger partial charge in [-0.25, -0.2) is 0 Å². The van der Waals surface area contributed by atoms with Gasteiger partial charge in [0.25, 0.3) is 5.91 Å². The number of amides is 3. The molecule has 0 aromatic heterocycles. The fraction of sp³-hybridized carbons (Fsp3) is 0.400. The van der Waals surface area contributed by atoms with Crippen LogP contribution < -0.4 is 16.0 Å². The zero-order valence-electron chi connectivity index (χ0n) is 12.6. The van der Waals surface area contributed by atoms with E-state index in [9.17, 15) is 14.4 Å².